The summed E-state index contributed by atoms with van der Waals surface area (Å²) in [6, 6.07) is 13.6. The Bertz CT molecular complexity index is 1280. The highest BCUT2D eigenvalue weighted by Gasteiger charge is 2.34. The molecule has 0 radical (unpaired) electrons. The van der Waals surface area contributed by atoms with Gasteiger partial charge >= 0.3 is 0 Å². The Balaban J connectivity index is 1.41. The van der Waals surface area contributed by atoms with Crippen molar-refractivity contribution in [3.63, 3.8) is 0 Å². The fourth-order valence-electron chi connectivity index (χ4n) is 4.30. The molecule has 4 rings (SSSR count). The van der Waals surface area contributed by atoms with Crippen LogP contribution in [0.4, 0.5) is 0 Å². The molecule has 0 spiro atoms. The Morgan fingerprint density at radius 3 is 2.34 bits per heavy atom. The van der Waals surface area contributed by atoms with E-state index in [0.717, 1.165) is 16.7 Å². The first-order chi connectivity index (χ1) is 16.7. The zero-order chi connectivity index (χ0) is 25.2. The molecule has 2 heterocycles. The number of carbonyl (C=O) groups excluding carboxylic acids is 1. The topological polar surface area (TPSA) is 105 Å². The van der Waals surface area contributed by atoms with Gasteiger partial charge in [-0.25, -0.2) is 8.42 Å². The number of aryl methyl sites for hydroxylation is 2. The first kappa shape index (κ1) is 25.1. The van der Waals surface area contributed by atoms with Crippen LogP contribution in [-0.2, 0) is 14.8 Å². The molecule has 1 aliphatic heterocycles. The highest BCUT2D eigenvalue weighted by Crippen LogP contribution is 2.29. The smallest absolute Gasteiger partial charge is 0.258 e. The number of hydrogen-bond donors (Lipinski definition) is 1. The predicted octanol–water partition coefficient (Wildman–Crippen LogP) is 4.06. The Kier molecular flexibility index (Phi) is 7.37. The van der Waals surface area contributed by atoms with E-state index in [1.54, 1.807) is 29.2 Å². The van der Waals surface area contributed by atoms with Crippen LogP contribution in [0.15, 0.2) is 57.9 Å². The summed E-state index contributed by atoms with van der Waals surface area (Å²) in [5.41, 5.74) is 2.95. The molecule has 186 valence electrons. The van der Waals surface area contributed by atoms with E-state index in [0.29, 0.717) is 37.6 Å². The second kappa shape index (κ2) is 10.3. The summed E-state index contributed by atoms with van der Waals surface area (Å²) in [5.74, 6) is 0.831. The van der Waals surface area contributed by atoms with Gasteiger partial charge in [0, 0.05) is 24.6 Å². The van der Waals surface area contributed by atoms with Gasteiger partial charge in [-0.1, -0.05) is 54.9 Å². The summed E-state index contributed by atoms with van der Waals surface area (Å²) in [7, 11) is -3.82. The van der Waals surface area contributed by atoms with Crippen LogP contribution in [0.25, 0.3) is 11.5 Å². The lowest BCUT2D eigenvalue weighted by atomic mass is 9.94. The molecule has 1 amide bonds. The summed E-state index contributed by atoms with van der Waals surface area (Å²) >= 11 is 0. The molecule has 3 aromatic rings. The Morgan fingerprint density at radius 1 is 1.06 bits per heavy atom. The van der Waals surface area contributed by atoms with Crippen LogP contribution in [-0.4, -0.2) is 48.5 Å². The number of hydrogen-bond acceptors (Lipinski definition) is 6. The number of amides is 1. The minimum atomic E-state index is -3.82. The van der Waals surface area contributed by atoms with E-state index in [1.165, 1.54) is 0 Å². The lowest BCUT2D eigenvalue weighted by molar-refractivity contribution is -0.135. The Morgan fingerprint density at radius 2 is 1.71 bits per heavy atom. The van der Waals surface area contributed by atoms with Crippen molar-refractivity contribution in [2.75, 3.05) is 13.1 Å². The summed E-state index contributed by atoms with van der Waals surface area (Å²) in [6.45, 7) is 8.60. The van der Waals surface area contributed by atoms with Gasteiger partial charge in [0.05, 0.1) is 4.90 Å². The van der Waals surface area contributed by atoms with Crippen LogP contribution >= 0.6 is 0 Å². The van der Waals surface area contributed by atoms with Crippen LogP contribution in [0.5, 0.6) is 0 Å². The van der Waals surface area contributed by atoms with Crippen LogP contribution in [0.3, 0.4) is 0 Å². The standard InChI is InChI=1S/C26H32N4O4S/c1-17(2)23(29-35(32,33)21-11-9-18(3)10-12-21)26(31)30-15-13-20(14-16-30)24-27-25(34-28-24)22-8-6-5-7-19(22)4/h5-12,17,20,23,29H,13-16H2,1-4H3/t23-/m0/s1. The normalized spacial score (nSPS) is 16.0. The molecule has 9 heteroatoms. The highest BCUT2D eigenvalue weighted by atomic mass is 32.2. The van der Waals surface area contributed by atoms with Crippen molar-refractivity contribution >= 4 is 15.9 Å². The molecule has 1 atom stereocenters. The maximum Gasteiger partial charge on any atom is 0.258 e. The number of aromatic nitrogens is 2. The summed E-state index contributed by atoms with van der Waals surface area (Å²) in [6.07, 6.45) is 1.38. The van der Waals surface area contributed by atoms with Crippen LogP contribution in [0.1, 0.15) is 49.6 Å². The van der Waals surface area contributed by atoms with E-state index in [4.69, 9.17) is 4.52 Å². The van der Waals surface area contributed by atoms with E-state index in [1.807, 2.05) is 52.0 Å². The van der Waals surface area contributed by atoms with Crippen molar-refractivity contribution in [1.29, 1.82) is 0 Å². The highest BCUT2D eigenvalue weighted by molar-refractivity contribution is 7.89. The average Bonchev–Trinajstić information content (AvgIpc) is 3.33. The lowest BCUT2D eigenvalue weighted by Crippen LogP contribution is -2.52. The van der Waals surface area contributed by atoms with Crippen LogP contribution < -0.4 is 4.72 Å². The molecule has 1 aromatic heterocycles. The number of rotatable bonds is 7. The second-order valence-corrected chi connectivity index (χ2v) is 11.2. The first-order valence-corrected chi connectivity index (χ1v) is 13.4. The first-order valence-electron chi connectivity index (χ1n) is 11.9. The van der Waals surface area contributed by atoms with Crippen LogP contribution in [0.2, 0.25) is 0 Å². The molecule has 0 bridgehead atoms. The second-order valence-electron chi connectivity index (χ2n) is 9.53. The van der Waals surface area contributed by atoms with Crippen molar-refractivity contribution in [3.8, 4) is 11.5 Å². The van der Waals surface area contributed by atoms with Crippen molar-refractivity contribution in [2.45, 2.75) is 57.4 Å². The lowest BCUT2D eigenvalue weighted by Gasteiger charge is -2.34. The number of sulfonamides is 1. The average molecular weight is 497 g/mol. The van der Waals surface area contributed by atoms with Crippen LogP contribution in [0, 0.1) is 19.8 Å². The van der Waals surface area contributed by atoms with Crippen molar-refractivity contribution in [2.24, 2.45) is 5.92 Å². The predicted molar refractivity (Wildman–Crippen MR) is 133 cm³/mol. The number of piperidine rings is 1. The zero-order valence-electron chi connectivity index (χ0n) is 20.6. The van der Waals surface area contributed by atoms with Crippen molar-refractivity contribution < 1.29 is 17.7 Å². The Hall–Kier alpha value is -3.04. The van der Waals surface area contributed by atoms with E-state index < -0.39 is 16.1 Å². The van der Waals surface area contributed by atoms with Gasteiger partial charge in [-0.05, 0) is 56.4 Å². The molecular weight excluding hydrogens is 464 g/mol. The third-order valence-electron chi connectivity index (χ3n) is 6.54. The monoisotopic (exact) mass is 496 g/mol. The van der Waals surface area contributed by atoms with E-state index in [2.05, 4.69) is 14.9 Å². The quantitative estimate of drug-likeness (QED) is 0.529. The largest absolute Gasteiger partial charge is 0.341 e. The molecule has 2 aromatic carbocycles. The van der Waals surface area contributed by atoms with Gasteiger partial charge in [0.25, 0.3) is 5.89 Å². The molecule has 35 heavy (non-hydrogen) atoms. The fourth-order valence-corrected chi connectivity index (χ4v) is 5.64. The van der Waals surface area contributed by atoms with Gasteiger partial charge < -0.3 is 9.42 Å². The van der Waals surface area contributed by atoms with Gasteiger partial charge in [-0.2, -0.15) is 9.71 Å². The summed E-state index contributed by atoms with van der Waals surface area (Å²) in [5, 5.41) is 4.20. The number of nitrogens with zero attached hydrogens (tertiary/aromatic N) is 3. The minimum Gasteiger partial charge on any atom is -0.341 e. The molecule has 1 fully saturated rings. The van der Waals surface area contributed by atoms with E-state index >= 15 is 0 Å². The third kappa shape index (κ3) is 5.62. The van der Waals surface area contributed by atoms with Gasteiger partial charge in [-0.15, -0.1) is 0 Å². The molecule has 8 nitrogen and oxygen atoms in total. The molecule has 1 N–H and O–H groups in total. The fraction of sp³-hybridized carbons (Fsp3) is 0.423. The molecular formula is C26H32N4O4S. The number of benzene rings is 2. The van der Waals surface area contributed by atoms with Gasteiger partial charge in [0.2, 0.25) is 15.9 Å². The molecule has 0 aliphatic carbocycles. The number of carbonyl (C=O) groups is 1. The Labute approximate surface area is 206 Å². The molecule has 1 aliphatic rings. The minimum absolute atomic E-state index is 0.0855. The summed E-state index contributed by atoms with van der Waals surface area (Å²) in [4.78, 5) is 19.8. The molecule has 0 saturated carbocycles. The maximum absolute atomic E-state index is 13.3. The SMILES string of the molecule is Cc1ccc(S(=O)(=O)N[C@H](C(=O)N2CCC(c3noc(-c4ccccc4C)n3)CC2)C(C)C)cc1. The number of likely N-dealkylation sites (tertiary alicyclic amines) is 1. The van der Waals surface area contributed by atoms with E-state index in [-0.39, 0.29) is 22.6 Å². The number of nitrogens with one attached hydrogen (secondary N) is 1. The molecule has 0 unspecified atom stereocenters. The van der Waals surface area contributed by atoms with E-state index in [9.17, 15) is 13.2 Å². The maximum atomic E-state index is 13.3. The van der Waals surface area contributed by atoms with Crippen molar-refractivity contribution in [3.05, 3.63) is 65.5 Å². The van der Waals surface area contributed by atoms with Crippen molar-refractivity contribution in [1.82, 2.24) is 19.8 Å². The van der Waals surface area contributed by atoms with Gasteiger partial charge in [0.15, 0.2) is 5.82 Å². The van der Waals surface area contributed by atoms with Gasteiger partial charge in [0.1, 0.15) is 6.04 Å². The summed E-state index contributed by atoms with van der Waals surface area (Å²) < 4.78 is 34.0. The van der Waals surface area contributed by atoms with Gasteiger partial charge in [-0.3, -0.25) is 4.79 Å². The molecule has 1 saturated heterocycles. The zero-order valence-corrected chi connectivity index (χ0v) is 21.4. The third-order valence-corrected chi connectivity index (χ3v) is 7.99.